The topological polar surface area (TPSA) is 77.0 Å². The number of carbonyl (C=O) groups excluding carboxylic acids is 1. The first-order valence-corrected chi connectivity index (χ1v) is 7.09. The summed E-state index contributed by atoms with van der Waals surface area (Å²) in [4.78, 5) is 18.8. The summed E-state index contributed by atoms with van der Waals surface area (Å²) in [5, 5.41) is 4.08. The van der Waals surface area contributed by atoms with Crippen LogP contribution in [0.15, 0.2) is 36.8 Å². The molecule has 6 heteroatoms. The van der Waals surface area contributed by atoms with Crippen molar-refractivity contribution >= 4 is 5.91 Å². The van der Waals surface area contributed by atoms with Gasteiger partial charge in [0.25, 0.3) is 0 Å². The Morgan fingerprint density at radius 1 is 1.52 bits per heavy atom. The van der Waals surface area contributed by atoms with Crippen LogP contribution in [0.2, 0.25) is 0 Å². The second kappa shape index (κ2) is 5.65. The first-order chi connectivity index (χ1) is 10.1. The zero-order chi connectivity index (χ0) is 14.8. The zero-order valence-corrected chi connectivity index (χ0v) is 12.0. The molecule has 0 bridgehead atoms. The lowest BCUT2D eigenvalue weighted by Crippen LogP contribution is -2.39. The highest BCUT2D eigenvalue weighted by molar-refractivity contribution is 5.83. The van der Waals surface area contributed by atoms with E-state index in [4.69, 9.17) is 5.73 Å². The Hall–Kier alpha value is -2.21. The van der Waals surface area contributed by atoms with Gasteiger partial charge in [0.05, 0.1) is 18.4 Å². The molecule has 0 radical (unpaired) electrons. The van der Waals surface area contributed by atoms with Gasteiger partial charge in [-0.1, -0.05) is 6.07 Å². The van der Waals surface area contributed by atoms with Crippen LogP contribution in [0.4, 0.5) is 0 Å². The van der Waals surface area contributed by atoms with Crippen LogP contribution < -0.4 is 5.73 Å². The van der Waals surface area contributed by atoms with E-state index in [-0.39, 0.29) is 5.91 Å². The molecule has 1 saturated carbocycles. The van der Waals surface area contributed by atoms with Crippen molar-refractivity contribution in [2.45, 2.75) is 31.5 Å². The second-order valence-electron chi connectivity index (χ2n) is 5.44. The van der Waals surface area contributed by atoms with Gasteiger partial charge < -0.3 is 10.6 Å². The number of amides is 1. The van der Waals surface area contributed by atoms with Crippen molar-refractivity contribution in [3.8, 4) is 0 Å². The Balaban J connectivity index is 1.76. The number of pyridine rings is 1. The molecule has 1 amide bonds. The van der Waals surface area contributed by atoms with Crippen molar-refractivity contribution < 1.29 is 4.79 Å². The largest absolute Gasteiger partial charge is 0.332 e. The molecular weight excluding hydrogens is 266 g/mol. The average Bonchev–Trinajstić information content (AvgIpc) is 3.25. The Bertz CT molecular complexity index is 620. The third-order valence-electron chi connectivity index (χ3n) is 3.68. The molecule has 0 spiro atoms. The van der Waals surface area contributed by atoms with Crippen LogP contribution in [-0.4, -0.2) is 31.6 Å². The molecule has 0 aliphatic heterocycles. The number of rotatable bonds is 5. The van der Waals surface area contributed by atoms with Gasteiger partial charge in [0.1, 0.15) is 6.04 Å². The Kier molecular flexibility index (Phi) is 3.70. The minimum absolute atomic E-state index is 0.0591. The van der Waals surface area contributed by atoms with Crippen molar-refractivity contribution in [1.29, 1.82) is 0 Å². The molecule has 0 saturated heterocycles. The van der Waals surface area contributed by atoms with Gasteiger partial charge in [-0.3, -0.25) is 14.5 Å². The molecule has 1 aliphatic carbocycles. The molecule has 3 rings (SSSR count). The fourth-order valence-electron chi connectivity index (χ4n) is 2.36. The van der Waals surface area contributed by atoms with Gasteiger partial charge in [0.2, 0.25) is 5.91 Å². The first-order valence-electron chi connectivity index (χ1n) is 7.09. The van der Waals surface area contributed by atoms with Crippen LogP contribution in [0.1, 0.15) is 30.1 Å². The SMILES string of the molecule is Cn1cc(C(N)C(=O)N(Cc2ccccn2)C2CC2)cn1. The number of hydrogen-bond acceptors (Lipinski definition) is 4. The fourth-order valence-corrected chi connectivity index (χ4v) is 2.36. The summed E-state index contributed by atoms with van der Waals surface area (Å²) >= 11 is 0. The molecule has 21 heavy (non-hydrogen) atoms. The van der Waals surface area contributed by atoms with E-state index in [1.54, 1.807) is 23.3 Å². The van der Waals surface area contributed by atoms with Gasteiger partial charge in [0.15, 0.2) is 0 Å². The predicted molar refractivity (Wildman–Crippen MR) is 77.9 cm³/mol. The van der Waals surface area contributed by atoms with E-state index in [1.807, 2.05) is 30.1 Å². The Morgan fingerprint density at radius 3 is 2.90 bits per heavy atom. The zero-order valence-electron chi connectivity index (χ0n) is 12.0. The van der Waals surface area contributed by atoms with Crippen LogP contribution in [0.5, 0.6) is 0 Å². The summed E-state index contributed by atoms with van der Waals surface area (Å²) in [6.07, 6.45) is 7.26. The van der Waals surface area contributed by atoms with Crippen LogP contribution in [-0.2, 0) is 18.4 Å². The monoisotopic (exact) mass is 285 g/mol. The Labute approximate surface area is 123 Å². The third kappa shape index (κ3) is 3.11. The number of nitrogens with zero attached hydrogens (tertiary/aromatic N) is 4. The standard InChI is InChI=1S/C15H19N5O/c1-19-9-11(8-18-19)14(16)15(21)20(13-5-6-13)10-12-4-2-3-7-17-12/h2-4,7-9,13-14H,5-6,10,16H2,1H3. The van der Waals surface area contributed by atoms with Crippen LogP contribution >= 0.6 is 0 Å². The second-order valence-corrected chi connectivity index (χ2v) is 5.44. The van der Waals surface area contributed by atoms with E-state index in [2.05, 4.69) is 10.1 Å². The van der Waals surface area contributed by atoms with Crippen molar-refractivity contribution in [2.24, 2.45) is 12.8 Å². The van der Waals surface area contributed by atoms with E-state index >= 15 is 0 Å². The number of carbonyl (C=O) groups is 1. The van der Waals surface area contributed by atoms with E-state index in [0.29, 0.717) is 12.6 Å². The summed E-state index contributed by atoms with van der Waals surface area (Å²) in [5.41, 5.74) is 7.74. The molecule has 2 N–H and O–H groups in total. The summed E-state index contributed by atoms with van der Waals surface area (Å²) < 4.78 is 1.66. The van der Waals surface area contributed by atoms with E-state index in [1.165, 1.54) is 0 Å². The predicted octanol–water partition coefficient (Wildman–Crippen LogP) is 1.01. The van der Waals surface area contributed by atoms with Gasteiger partial charge in [-0.15, -0.1) is 0 Å². The molecule has 1 unspecified atom stereocenters. The van der Waals surface area contributed by atoms with Crippen molar-refractivity contribution in [1.82, 2.24) is 19.7 Å². The molecule has 0 aromatic carbocycles. The molecule has 2 heterocycles. The third-order valence-corrected chi connectivity index (χ3v) is 3.68. The number of nitrogens with two attached hydrogens (primary N) is 1. The van der Waals surface area contributed by atoms with E-state index < -0.39 is 6.04 Å². The quantitative estimate of drug-likeness (QED) is 0.889. The first kappa shape index (κ1) is 13.8. The highest BCUT2D eigenvalue weighted by Gasteiger charge is 2.35. The number of aryl methyl sites for hydroxylation is 1. The summed E-state index contributed by atoms with van der Waals surface area (Å²) in [6.45, 7) is 0.512. The highest BCUT2D eigenvalue weighted by atomic mass is 16.2. The molecule has 110 valence electrons. The highest BCUT2D eigenvalue weighted by Crippen LogP contribution is 2.30. The maximum absolute atomic E-state index is 12.7. The molecule has 1 aliphatic rings. The molecule has 1 atom stereocenters. The van der Waals surface area contributed by atoms with Gasteiger partial charge >= 0.3 is 0 Å². The lowest BCUT2D eigenvalue weighted by molar-refractivity contribution is -0.134. The maximum atomic E-state index is 12.7. The maximum Gasteiger partial charge on any atom is 0.244 e. The van der Waals surface area contributed by atoms with E-state index in [9.17, 15) is 4.79 Å². The van der Waals surface area contributed by atoms with Gasteiger partial charge in [0, 0.05) is 31.0 Å². The smallest absolute Gasteiger partial charge is 0.244 e. The van der Waals surface area contributed by atoms with Crippen LogP contribution in [0, 0.1) is 0 Å². The van der Waals surface area contributed by atoms with E-state index in [0.717, 1.165) is 24.1 Å². The number of hydrogen-bond donors (Lipinski definition) is 1. The fraction of sp³-hybridized carbons (Fsp3) is 0.400. The molecule has 1 fully saturated rings. The van der Waals surface area contributed by atoms with Crippen molar-refractivity contribution in [3.05, 3.63) is 48.0 Å². The summed E-state index contributed by atoms with van der Waals surface area (Å²) in [5.74, 6) is -0.0591. The lowest BCUT2D eigenvalue weighted by Gasteiger charge is -2.25. The van der Waals surface area contributed by atoms with Crippen molar-refractivity contribution in [3.63, 3.8) is 0 Å². The van der Waals surface area contributed by atoms with Gasteiger partial charge in [-0.2, -0.15) is 5.10 Å². The van der Waals surface area contributed by atoms with Crippen LogP contribution in [0.25, 0.3) is 0 Å². The molecule has 2 aromatic rings. The van der Waals surface area contributed by atoms with Crippen molar-refractivity contribution in [2.75, 3.05) is 0 Å². The Morgan fingerprint density at radius 2 is 2.33 bits per heavy atom. The normalized spacial score (nSPS) is 15.7. The molecular formula is C15H19N5O. The number of aromatic nitrogens is 3. The minimum atomic E-state index is -0.664. The summed E-state index contributed by atoms with van der Waals surface area (Å²) in [7, 11) is 1.81. The summed E-state index contributed by atoms with van der Waals surface area (Å²) in [6, 6.07) is 5.36. The van der Waals surface area contributed by atoms with Gasteiger partial charge in [-0.25, -0.2) is 0 Å². The lowest BCUT2D eigenvalue weighted by atomic mass is 10.1. The van der Waals surface area contributed by atoms with Gasteiger partial charge in [-0.05, 0) is 25.0 Å². The minimum Gasteiger partial charge on any atom is -0.332 e. The molecule has 6 nitrogen and oxygen atoms in total. The van der Waals surface area contributed by atoms with Crippen LogP contribution in [0.3, 0.4) is 0 Å². The average molecular weight is 285 g/mol. The molecule has 2 aromatic heterocycles.